The summed E-state index contributed by atoms with van der Waals surface area (Å²) in [5.74, 6) is 0.973. The van der Waals surface area contributed by atoms with Gasteiger partial charge in [-0.3, -0.25) is 4.79 Å². The highest BCUT2D eigenvalue weighted by atomic mass is 32.2. The Hall–Kier alpha value is -0.750. The predicted molar refractivity (Wildman–Crippen MR) is 65.9 cm³/mol. The van der Waals surface area contributed by atoms with Crippen LogP contribution in [-0.2, 0) is 19.1 Å². The van der Waals surface area contributed by atoms with Crippen molar-refractivity contribution in [3.63, 3.8) is 0 Å². The van der Waals surface area contributed by atoms with Crippen molar-refractivity contribution in [2.45, 2.75) is 26.0 Å². The van der Waals surface area contributed by atoms with Crippen LogP contribution in [0.2, 0.25) is 0 Å². The summed E-state index contributed by atoms with van der Waals surface area (Å²) in [5.41, 5.74) is 0. The van der Waals surface area contributed by atoms with Crippen LogP contribution in [0.5, 0.6) is 0 Å². The molecule has 1 saturated heterocycles. The molecule has 0 N–H and O–H groups in total. The van der Waals surface area contributed by atoms with Gasteiger partial charge in [0.05, 0.1) is 6.61 Å². The zero-order chi connectivity index (χ0) is 12.8. The zero-order valence-corrected chi connectivity index (χ0v) is 11.3. The Kier molecular flexibility index (Phi) is 5.77. The van der Waals surface area contributed by atoms with Crippen molar-refractivity contribution in [1.82, 2.24) is 4.90 Å². The minimum atomic E-state index is -0.518. The van der Waals surface area contributed by atoms with E-state index in [0.717, 1.165) is 5.75 Å². The highest BCUT2D eigenvalue weighted by Gasteiger charge is 2.35. The minimum absolute atomic E-state index is 0.147. The molecule has 2 atom stereocenters. The Balaban J connectivity index is 2.71. The number of rotatable bonds is 4. The molecule has 5 nitrogen and oxygen atoms in total. The monoisotopic (exact) mass is 261 g/mol. The molecule has 0 aliphatic carbocycles. The molecule has 1 amide bonds. The topological polar surface area (TPSA) is 55.8 Å². The third-order valence-electron chi connectivity index (χ3n) is 2.67. The smallest absolute Gasteiger partial charge is 0.329 e. The number of amides is 1. The van der Waals surface area contributed by atoms with Crippen molar-refractivity contribution in [3.05, 3.63) is 0 Å². The number of methoxy groups -OCH3 is 1. The Bertz CT molecular complexity index is 285. The van der Waals surface area contributed by atoms with E-state index in [2.05, 4.69) is 0 Å². The second kappa shape index (κ2) is 6.86. The third kappa shape index (κ3) is 3.61. The fraction of sp³-hybridized carbons (Fsp3) is 0.818. The average Bonchev–Trinajstić information content (AvgIpc) is 2.37. The van der Waals surface area contributed by atoms with Gasteiger partial charge in [0, 0.05) is 25.2 Å². The molecule has 17 heavy (non-hydrogen) atoms. The molecule has 6 heteroatoms. The van der Waals surface area contributed by atoms with Crippen LogP contribution >= 0.6 is 11.8 Å². The number of carbonyl (C=O) groups excluding carboxylic acids is 2. The summed E-state index contributed by atoms with van der Waals surface area (Å²) < 4.78 is 9.99. The lowest BCUT2D eigenvalue weighted by molar-refractivity contribution is -0.157. The van der Waals surface area contributed by atoms with E-state index in [1.807, 2.05) is 0 Å². The molecule has 0 aromatic rings. The molecule has 0 aromatic carbocycles. The first-order valence-electron chi connectivity index (χ1n) is 5.69. The van der Waals surface area contributed by atoms with Crippen LogP contribution in [0, 0.1) is 0 Å². The first kappa shape index (κ1) is 14.3. The number of ether oxygens (including phenoxy) is 2. The summed E-state index contributed by atoms with van der Waals surface area (Å²) in [7, 11) is 1.49. The van der Waals surface area contributed by atoms with Crippen molar-refractivity contribution in [1.29, 1.82) is 0 Å². The Labute approximate surface area is 106 Å². The molecule has 1 aliphatic rings. The van der Waals surface area contributed by atoms with Crippen molar-refractivity contribution in [2.75, 3.05) is 31.8 Å². The molecule has 0 spiro atoms. The van der Waals surface area contributed by atoms with Crippen molar-refractivity contribution < 1.29 is 19.1 Å². The van der Waals surface area contributed by atoms with E-state index in [1.165, 1.54) is 7.11 Å². The summed E-state index contributed by atoms with van der Waals surface area (Å²) in [4.78, 5) is 25.4. The van der Waals surface area contributed by atoms with Crippen LogP contribution in [0.4, 0.5) is 0 Å². The lowest BCUT2D eigenvalue weighted by atomic mass is 10.2. The number of hydrogen-bond donors (Lipinski definition) is 0. The normalized spacial score (nSPS) is 22.1. The standard InChI is InChI=1S/C11H19NO4S/c1-4-16-11(14)9-7-17-6-5-12(9)10(13)8(2)15-3/h8-9H,4-7H2,1-3H3. The van der Waals surface area contributed by atoms with Gasteiger partial charge < -0.3 is 14.4 Å². The molecular formula is C11H19NO4S. The maximum atomic E-state index is 12.0. The van der Waals surface area contributed by atoms with Crippen LogP contribution < -0.4 is 0 Å². The summed E-state index contributed by atoms with van der Waals surface area (Å²) in [6, 6.07) is -0.473. The van der Waals surface area contributed by atoms with Crippen LogP contribution in [0.3, 0.4) is 0 Å². The molecule has 1 rings (SSSR count). The van der Waals surface area contributed by atoms with Crippen molar-refractivity contribution >= 4 is 23.6 Å². The van der Waals surface area contributed by atoms with Crippen molar-refractivity contribution in [2.24, 2.45) is 0 Å². The second-order valence-corrected chi connectivity index (χ2v) is 4.90. The van der Waals surface area contributed by atoms with Gasteiger partial charge in [-0.2, -0.15) is 11.8 Å². The largest absolute Gasteiger partial charge is 0.464 e. The van der Waals surface area contributed by atoms with Crippen molar-refractivity contribution in [3.8, 4) is 0 Å². The fourth-order valence-electron chi connectivity index (χ4n) is 1.64. The highest BCUT2D eigenvalue weighted by Crippen LogP contribution is 2.19. The zero-order valence-electron chi connectivity index (χ0n) is 10.5. The van der Waals surface area contributed by atoms with Gasteiger partial charge >= 0.3 is 5.97 Å². The van der Waals surface area contributed by atoms with E-state index >= 15 is 0 Å². The van der Waals surface area contributed by atoms with Crippen LogP contribution in [-0.4, -0.2) is 60.7 Å². The van der Waals surface area contributed by atoms with Gasteiger partial charge in [-0.05, 0) is 13.8 Å². The average molecular weight is 261 g/mol. The maximum Gasteiger partial charge on any atom is 0.329 e. The second-order valence-electron chi connectivity index (χ2n) is 3.75. The SMILES string of the molecule is CCOC(=O)C1CSCCN1C(=O)C(C)OC. The molecule has 0 aromatic heterocycles. The van der Waals surface area contributed by atoms with E-state index in [-0.39, 0.29) is 11.9 Å². The van der Waals surface area contributed by atoms with E-state index in [9.17, 15) is 9.59 Å². The Morgan fingerprint density at radius 2 is 2.24 bits per heavy atom. The maximum absolute atomic E-state index is 12.0. The third-order valence-corrected chi connectivity index (χ3v) is 3.69. The molecule has 1 heterocycles. The quantitative estimate of drug-likeness (QED) is 0.691. The minimum Gasteiger partial charge on any atom is -0.464 e. The molecule has 1 fully saturated rings. The van der Waals surface area contributed by atoms with Crippen LogP contribution in [0.25, 0.3) is 0 Å². The van der Waals surface area contributed by atoms with Gasteiger partial charge in [0.1, 0.15) is 12.1 Å². The van der Waals surface area contributed by atoms with Gasteiger partial charge in [-0.1, -0.05) is 0 Å². The first-order valence-corrected chi connectivity index (χ1v) is 6.85. The number of hydrogen-bond acceptors (Lipinski definition) is 5. The molecule has 0 bridgehead atoms. The van der Waals surface area contributed by atoms with E-state index < -0.39 is 12.1 Å². The predicted octanol–water partition coefficient (Wildman–Crippen LogP) is 0.528. The highest BCUT2D eigenvalue weighted by molar-refractivity contribution is 7.99. The van der Waals surface area contributed by atoms with Gasteiger partial charge in [-0.25, -0.2) is 4.79 Å². The summed E-state index contributed by atoms with van der Waals surface area (Å²) in [6.07, 6.45) is -0.518. The summed E-state index contributed by atoms with van der Waals surface area (Å²) >= 11 is 1.66. The Morgan fingerprint density at radius 1 is 1.53 bits per heavy atom. The first-order chi connectivity index (χ1) is 8.11. The van der Waals surface area contributed by atoms with E-state index in [1.54, 1.807) is 30.5 Å². The van der Waals surface area contributed by atoms with Crippen LogP contribution in [0.15, 0.2) is 0 Å². The lowest BCUT2D eigenvalue weighted by Crippen LogP contribution is -2.53. The molecule has 0 saturated carbocycles. The van der Waals surface area contributed by atoms with Gasteiger partial charge in [0.15, 0.2) is 0 Å². The van der Waals surface area contributed by atoms with E-state index in [0.29, 0.717) is 18.9 Å². The summed E-state index contributed by atoms with van der Waals surface area (Å²) in [6.45, 7) is 4.35. The molecule has 98 valence electrons. The fourth-order valence-corrected chi connectivity index (χ4v) is 2.67. The van der Waals surface area contributed by atoms with Gasteiger partial charge in [0.25, 0.3) is 5.91 Å². The lowest BCUT2D eigenvalue weighted by Gasteiger charge is -2.34. The number of nitrogens with zero attached hydrogens (tertiary/aromatic N) is 1. The number of carbonyl (C=O) groups is 2. The molecule has 0 radical (unpaired) electrons. The van der Waals surface area contributed by atoms with Crippen LogP contribution in [0.1, 0.15) is 13.8 Å². The molecule has 2 unspecified atom stereocenters. The van der Waals surface area contributed by atoms with E-state index in [4.69, 9.17) is 9.47 Å². The number of esters is 1. The number of thioether (sulfide) groups is 1. The molecule has 1 aliphatic heterocycles. The Morgan fingerprint density at radius 3 is 2.82 bits per heavy atom. The summed E-state index contributed by atoms with van der Waals surface area (Å²) in [5, 5.41) is 0. The van der Waals surface area contributed by atoms with Gasteiger partial charge in [0.2, 0.25) is 0 Å². The van der Waals surface area contributed by atoms with Gasteiger partial charge in [-0.15, -0.1) is 0 Å². The molecular weight excluding hydrogens is 242 g/mol.